The molecule has 1 fully saturated rings. The highest BCUT2D eigenvalue weighted by molar-refractivity contribution is 9.10. The van der Waals surface area contributed by atoms with Gasteiger partial charge in [0.15, 0.2) is 5.78 Å². The molecule has 0 saturated carbocycles. The van der Waals surface area contributed by atoms with Crippen LogP contribution < -0.4 is 4.74 Å². The molecule has 1 aromatic carbocycles. The van der Waals surface area contributed by atoms with Gasteiger partial charge < -0.3 is 9.47 Å². The Labute approximate surface area is 116 Å². The number of hydrogen-bond acceptors (Lipinski definition) is 3. The molecule has 2 unspecified atom stereocenters. The van der Waals surface area contributed by atoms with E-state index in [1.54, 1.807) is 6.07 Å². The standard InChI is InChI=1S/C14H17BrO3/c1-3-17-12-5-4-10(8-11(12)15)13(16)14-9(2)6-7-18-14/h4-5,8-9,14H,3,6-7H2,1-2H3. The first-order valence-electron chi connectivity index (χ1n) is 6.21. The molecule has 0 aromatic heterocycles. The number of carbonyl (C=O) groups is 1. The molecular weight excluding hydrogens is 296 g/mol. The predicted octanol–water partition coefficient (Wildman–Crippen LogP) is 3.46. The van der Waals surface area contributed by atoms with Crippen LogP contribution in [0.5, 0.6) is 5.75 Å². The zero-order valence-electron chi connectivity index (χ0n) is 10.6. The maximum absolute atomic E-state index is 12.3. The fourth-order valence-corrected chi connectivity index (χ4v) is 2.61. The molecule has 1 aliphatic rings. The molecule has 0 radical (unpaired) electrons. The zero-order chi connectivity index (χ0) is 13.1. The fraction of sp³-hybridized carbons (Fsp3) is 0.500. The average Bonchev–Trinajstić information content (AvgIpc) is 2.77. The van der Waals surface area contributed by atoms with E-state index in [0.29, 0.717) is 24.7 Å². The number of halogens is 1. The number of Topliss-reactive ketones (excluding diaryl/α,β-unsaturated/α-hetero) is 1. The first-order valence-corrected chi connectivity index (χ1v) is 7.01. The third-order valence-electron chi connectivity index (χ3n) is 3.16. The SMILES string of the molecule is CCOc1ccc(C(=O)C2OCCC2C)cc1Br. The Morgan fingerprint density at radius 3 is 2.89 bits per heavy atom. The van der Waals surface area contributed by atoms with Crippen molar-refractivity contribution in [3.63, 3.8) is 0 Å². The first kappa shape index (κ1) is 13.6. The van der Waals surface area contributed by atoms with Crippen LogP contribution in [0.2, 0.25) is 0 Å². The van der Waals surface area contributed by atoms with Crippen LogP contribution in [0.4, 0.5) is 0 Å². The van der Waals surface area contributed by atoms with Gasteiger partial charge >= 0.3 is 0 Å². The lowest BCUT2D eigenvalue weighted by Gasteiger charge is -2.14. The van der Waals surface area contributed by atoms with Crippen molar-refractivity contribution in [3.05, 3.63) is 28.2 Å². The summed E-state index contributed by atoms with van der Waals surface area (Å²) in [5.74, 6) is 1.11. The van der Waals surface area contributed by atoms with Crippen molar-refractivity contribution in [2.24, 2.45) is 5.92 Å². The molecule has 4 heteroatoms. The molecule has 1 heterocycles. The van der Waals surface area contributed by atoms with Gasteiger partial charge in [-0.1, -0.05) is 6.92 Å². The summed E-state index contributed by atoms with van der Waals surface area (Å²) in [6, 6.07) is 5.43. The van der Waals surface area contributed by atoms with Gasteiger partial charge in [-0.3, -0.25) is 4.79 Å². The van der Waals surface area contributed by atoms with E-state index < -0.39 is 0 Å². The average molecular weight is 313 g/mol. The molecule has 3 nitrogen and oxygen atoms in total. The van der Waals surface area contributed by atoms with Crippen molar-refractivity contribution in [3.8, 4) is 5.75 Å². The van der Waals surface area contributed by atoms with Crippen LogP contribution in [-0.2, 0) is 4.74 Å². The Balaban J connectivity index is 2.18. The van der Waals surface area contributed by atoms with E-state index >= 15 is 0 Å². The second kappa shape index (κ2) is 5.85. The summed E-state index contributed by atoms with van der Waals surface area (Å²) in [6.07, 6.45) is 0.657. The topological polar surface area (TPSA) is 35.5 Å². The summed E-state index contributed by atoms with van der Waals surface area (Å²) in [4.78, 5) is 12.3. The number of ketones is 1. The third-order valence-corrected chi connectivity index (χ3v) is 3.78. The largest absolute Gasteiger partial charge is 0.493 e. The molecule has 0 N–H and O–H groups in total. The van der Waals surface area contributed by atoms with Crippen molar-refractivity contribution >= 4 is 21.7 Å². The molecule has 0 bridgehead atoms. The Morgan fingerprint density at radius 1 is 1.56 bits per heavy atom. The Morgan fingerprint density at radius 2 is 2.33 bits per heavy atom. The minimum Gasteiger partial charge on any atom is -0.493 e. The Kier molecular flexibility index (Phi) is 4.40. The summed E-state index contributed by atoms with van der Waals surface area (Å²) >= 11 is 3.42. The van der Waals surface area contributed by atoms with Crippen molar-refractivity contribution in [2.75, 3.05) is 13.2 Å². The monoisotopic (exact) mass is 312 g/mol. The van der Waals surface area contributed by atoms with Gasteiger partial charge in [-0.2, -0.15) is 0 Å². The molecular formula is C14H17BrO3. The molecule has 0 spiro atoms. The van der Waals surface area contributed by atoms with Crippen LogP contribution in [0.25, 0.3) is 0 Å². The molecule has 18 heavy (non-hydrogen) atoms. The molecule has 1 aliphatic heterocycles. The van der Waals surface area contributed by atoms with Crippen molar-refractivity contribution in [1.82, 2.24) is 0 Å². The van der Waals surface area contributed by atoms with E-state index in [1.807, 2.05) is 19.1 Å². The van der Waals surface area contributed by atoms with Crippen molar-refractivity contribution in [1.29, 1.82) is 0 Å². The lowest BCUT2D eigenvalue weighted by Crippen LogP contribution is -2.25. The molecule has 2 rings (SSSR count). The smallest absolute Gasteiger partial charge is 0.191 e. The zero-order valence-corrected chi connectivity index (χ0v) is 12.2. The summed E-state index contributed by atoms with van der Waals surface area (Å²) in [6.45, 7) is 5.27. The van der Waals surface area contributed by atoms with Crippen LogP contribution in [0, 0.1) is 5.92 Å². The van der Waals surface area contributed by atoms with E-state index in [-0.39, 0.29) is 11.9 Å². The van der Waals surface area contributed by atoms with Gasteiger partial charge in [-0.15, -0.1) is 0 Å². The van der Waals surface area contributed by atoms with Gasteiger partial charge in [-0.25, -0.2) is 0 Å². The van der Waals surface area contributed by atoms with Crippen LogP contribution in [-0.4, -0.2) is 25.1 Å². The number of ether oxygens (including phenoxy) is 2. The van der Waals surface area contributed by atoms with Crippen molar-refractivity contribution < 1.29 is 14.3 Å². The molecule has 1 saturated heterocycles. The van der Waals surface area contributed by atoms with E-state index in [2.05, 4.69) is 22.9 Å². The Bertz CT molecular complexity index is 445. The highest BCUT2D eigenvalue weighted by Crippen LogP contribution is 2.29. The van der Waals surface area contributed by atoms with Gasteiger partial charge in [0.25, 0.3) is 0 Å². The quantitative estimate of drug-likeness (QED) is 0.799. The van der Waals surface area contributed by atoms with E-state index in [9.17, 15) is 4.79 Å². The fourth-order valence-electron chi connectivity index (χ4n) is 2.12. The summed E-state index contributed by atoms with van der Waals surface area (Å²) < 4.78 is 11.7. The maximum atomic E-state index is 12.3. The molecule has 0 amide bonds. The number of carbonyl (C=O) groups excluding carboxylic acids is 1. The predicted molar refractivity (Wildman–Crippen MR) is 73.2 cm³/mol. The Hall–Kier alpha value is -0.870. The third kappa shape index (κ3) is 2.75. The normalized spacial score (nSPS) is 23.1. The number of benzene rings is 1. The number of hydrogen-bond donors (Lipinski definition) is 0. The molecule has 98 valence electrons. The second-order valence-electron chi connectivity index (χ2n) is 4.50. The molecule has 1 aromatic rings. The van der Waals surface area contributed by atoms with Gasteiger partial charge in [-0.05, 0) is 53.4 Å². The van der Waals surface area contributed by atoms with Crippen LogP contribution in [0.3, 0.4) is 0 Å². The van der Waals surface area contributed by atoms with E-state index in [4.69, 9.17) is 9.47 Å². The summed E-state index contributed by atoms with van der Waals surface area (Å²) in [7, 11) is 0. The van der Waals surface area contributed by atoms with E-state index in [1.165, 1.54) is 0 Å². The van der Waals surface area contributed by atoms with Gasteiger partial charge in [0.1, 0.15) is 11.9 Å². The lowest BCUT2D eigenvalue weighted by molar-refractivity contribution is 0.0579. The van der Waals surface area contributed by atoms with Crippen molar-refractivity contribution in [2.45, 2.75) is 26.4 Å². The summed E-state index contributed by atoms with van der Waals surface area (Å²) in [5.41, 5.74) is 0.670. The van der Waals surface area contributed by atoms with E-state index in [0.717, 1.165) is 16.6 Å². The van der Waals surface area contributed by atoms with Crippen LogP contribution in [0.1, 0.15) is 30.6 Å². The minimum atomic E-state index is -0.296. The molecule has 0 aliphatic carbocycles. The maximum Gasteiger partial charge on any atom is 0.191 e. The second-order valence-corrected chi connectivity index (χ2v) is 5.35. The van der Waals surface area contributed by atoms with Crippen LogP contribution >= 0.6 is 15.9 Å². The first-order chi connectivity index (χ1) is 8.63. The minimum absolute atomic E-state index is 0.0590. The van der Waals surface area contributed by atoms with Gasteiger partial charge in [0.2, 0.25) is 0 Å². The lowest BCUT2D eigenvalue weighted by atomic mass is 9.96. The van der Waals surface area contributed by atoms with Gasteiger partial charge in [0, 0.05) is 12.2 Å². The molecule has 2 atom stereocenters. The van der Waals surface area contributed by atoms with Crippen LogP contribution in [0.15, 0.2) is 22.7 Å². The summed E-state index contributed by atoms with van der Waals surface area (Å²) in [5, 5.41) is 0. The van der Waals surface area contributed by atoms with Gasteiger partial charge in [0.05, 0.1) is 11.1 Å². The highest BCUT2D eigenvalue weighted by Gasteiger charge is 2.31. The number of rotatable bonds is 4. The highest BCUT2D eigenvalue weighted by atomic mass is 79.9.